The van der Waals surface area contributed by atoms with Crippen molar-refractivity contribution in [3.05, 3.63) is 28.4 Å². The van der Waals surface area contributed by atoms with Gasteiger partial charge in [-0.25, -0.2) is 4.98 Å². The highest BCUT2D eigenvalue weighted by atomic mass is 16.3. The van der Waals surface area contributed by atoms with Gasteiger partial charge in [0.1, 0.15) is 5.52 Å². The molecule has 2 aromatic heterocycles. The van der Waals surface area contributed by atoms with Gasteiger partial charge in [-0.05, 0) is 25.7 Å². The number of fused-ring (bicyclic) bond motifs is 1. The van der Waals surface area contributed by atoms with E-state index in [-0.39, 0.29) is 17.7 Å². The van der Waals surface area contributed by atoms with E-state index in [0.29, 0.717) is 30.0 Å². The lowest BCUT2D eigenvalue weighted by Gasteiger charge is -2.15. The molecule has 3 rings (SSSR count). The van der Waals surface area contributed by atoms with Crippen molar-refractivity contribution in [3.63, 3.8) is 0 Å². The summed E-state index contributed by atoms with van der Waals surface area (Å²) < 4.78 is 0. The van der Waals surface area contributed by atoms with Crippen LogP contribution in [0.2, 0.25) is 0 Å². The van der Waals surface area contributed by atoms with Crippen LogP contribution >= 0.6 is 0 Å². The zero-order valence-corrected chi connectivity index (χ0v) is 14.2. The van der Waals surface area contributed by atoms with Crippen LogP contribution in [0.25, 0.3) is 11.0 Å². The first-order valence-electron chi connectivity index (χ1n) is 8.74. The lowest BCUT2D eigenvalue weighted by atomic mass is 9.97. The van der Waals surface area contributed by atoms with Crippen LogP contribution in [0, 0.1) is 5.92 Å². The van der Waals surface area contributed by atoms with Crippen molar-refractivity contribution in [2.75, 3.05) is 13.1 Å². The lowest BCUT2D eigenvalue weighted by molar-refractivity contribution is 0.136. The van der Waals surface area contributed by atoms with Crippen LogP contribution in [0.15, 0.2) is 17.3 Å². The topological polar surface area (TPSA) is 111 Å². The van der Waals surface area contributed by atoms with Crippen molar-refractivity contribution in [2.45, 2.75) is 51.3 Å². The van der Waals surface area contributed by atoms with Gasteiger partial charge in [0.05, 0.1) is 17.9 Å². The number of unbranched alkanes of at least 4 members (excludes halogenated alkanes) is 1. The predicted octanol–water partition coefficient (Wildman–Crippen LogP) is 0.951. The highest BCUT2D eigenvalue weighted by Gasteiger charge is 2.31. The Morgan fingerprint density at radius 1 is 1.42 bits per heavy atom. The van der Waals surface area contributed by atoms with Crippen molar-refractivity contribution in [1.82, 2.24) is 19.9 Å². The van der Waals surface area contributed by atoms with Gasteiger partial charge in [0.25, 0.3) is 5.56 Å². The molecule has 0 aliphatic carbocycles. The second kappa shape index (κ2) is 7.46. The summed E-state index contributed by atoms with van der Waals surface area (Å²) in [6.45, 7) is 4.29. The minimum atomic E-state index is -0.276. The molecule has 7 heteroatoms. The molecule has 1 saturated heterocycles. The number of aliphatic hydroxyl groups is 1. The van der Waals surface area contributed by atoms with Gasteiger partial charge >= 0.3 is 0 Å². The summed E-state index contributed by atoms with van der Waals surface area (Å²) in [5.41, 5.74) is 7.85. The Balaban J connectivity index is 1.56. The van der Waals surface area contributed by atoms with Gasteiger partial charge in [-0.3, -0.25) is 9.69 Å². The second-order valence-electron chi connectivity index (χ2n) is 7.05. The Hall–Kier alpha value is -1.70. The molecule has 1 aliphatic heterocycles. The number of nitrogens with zero attached hydrogens (tertiary/aromatic N) is 2. The lowest BCUT2D eigenvalue weighted by Crippen LogP contribution is -2.21. The number of nitrogens with one attached hydrogen (secondary N) is 2. The smallest absolute Gasteiger partial charge is 0.275 e. The summed E-state index contributed by atoms with van der Waals surface area (Å²) in [7, 11) is 0. The van der Waals surface area contributed by atoms with E-state index in [0.717, 1.165) is 37.8 Å². The summed E-state index contributed by atoms with van der Waals surface area (Å²) in [6.07, 6.45) is 7.31. The van der Waals surface area contributed by atoms with E-state index < -0.39 is 0 Å². The van der Waals surface area contributed by atoms with E-state index >= 15 is 0 Å². The van der Waals surface area contributed by atoms with E-state index in [1.807, 2.05) is 13.1 Å². The Labute approximate surface area is 141 Å². The van der Waals surface area contributed by atoms with Gasteiger partial charge in [-0.1, -0.05) is 12.8 Å². The zero-order valence-electron chi connectivity index (χ0n) is 14.2. The Bertz CT molecular complexity index is 723. The fraction of sp³-hybridized carbons (Fsp3) is 0.647. The number of β-amino-alcohol motifs (C(OH)–C–C–N with tert-alkyl or cyclic N) is 1. The minimum absolute atomic E-state index is 0.153. The molecular weight excluding hydrogens is 306 g/mol. The summed E-state index contributed by atoms with van der Waals surface area (Å²) in [5, 5.41) is 10.3. The van der Waals surface area contributed by atoms with E-state index in [4.69, 9.17) is 5.73 Å². The SMILES string of the molecule is C[C@@H](N)CCCC[C@@H]1CN(Cc2c[nH]c3c(=O)[nH]cnc23)C[C@H]1O. The van der Waals surface area contributed by atoms with Crippen LogP contribution in [0.1, 0.15) is 38.2 Å². The summed E-state index contributed by atoms with van der Waals surface area (Å²) >= 11 is 0. The summed E-state index contributed by atoms with van der Waals surface area (Å²) in [6, 6.07) is 0.257. The number of aromatic nitrogens is 3. The van der Waals surface area contributed by atoms with Crippen molar-refractivity contribution in [2.24, 2.45) is 11.7 Å². The molecule has 0 unspecified atom stereocenters. The molecule has 24 heavy (non-hydrogen) atoms. The average Bonchev–Trinajstić information content (AvgIpc) is 3.09. The maximum Gasteiger partial charge on any atom is 0.275 e. The third-order valence-electron chi connectivity index (χ3n) is 4.91. The van der Waals surface area contributed by atoms with Crippen molar-refractivity contribution >= 4 is 11.0 Å². The molecule has 0 saturated carbocycles. The molecule has 7 nitrogen and oxygen atoms in total. The van der Waals surface area contributed by atoms with Gasteiger partial charge in [0.15, 0.2) is 0 Å². The molecule has 0 spiro atoms. The summed E-state index contributed by atoms with van der Waals surface area (Å²) in [5.74, 6) is 0.319. The Morgan fingerprint density at radius 3 is 3.04 bits per heavy atom. The normalized spacial score (nSPS) is 23.1. The molecule has 0 bridgehead atoms. The molecule has 1 fully saturated rings. The molecule has 3 heterocycles. The van der Waals surface area contributed by atoms with Crippen LogP contribution in [-0.4, -0.2) is 50.2 Å². The maximum atomic E-state index is 11.7. The molecule has 3 atom stereocenters. The Kier molecular flexibility index (Phi) is 5.33. The van der Waals surface area contributed by atoms with Crippen LogP contribution in [-0.2, 0) is 6.54 Å². The number of H-pyrrole nitrogens is 2. The predicted molar refractivity (Wildman–Crippen MR) is 93.6 cm³/mol. The van der Waals surface area contributed by atoms with Crippen LogP contribution in [0.3, 0.4) is 0 Å². The van der Waals surface area contributed by atoms with Crippen molar-refractivity contribution in [3.8, 4) is 0 Å². The number of nitrogens with two attached hydrogens (primary N) is 1. The Morgan fingerprint density at radius 2 is 2.25 bits per heavy atom. The summed E-state index contributed by atoms with van der Waals surface area (Å²) in [4.78, 5) is 23.8. The van der Waals surface area contributed by atoms with Crippen LogP contribution in [0.5, 0.6) is 0 Å². The first-order chi connectivity index (χ1) is 11.5. The quantitative estimate of drug-likeness (QED) is 0.564. The average molecular weight is 333 g/mol. The molecule has 0 radical (unpaired) electrons. The number of rotatable bonds is 7. The van der Waals surface area contributed by atoms with Gasteiger partial charge < -0.3 is 20.8 Å². The number of aliphatic hydroxyl groups excluding tert-OH is 1. The molecule has 2 aromatic rings. The monoisotopic (exact) mass is 333 g/mol. The van der Waals surface area contributed by atoms with E-state index in [9.17, 15) is 9.90 Å². The van der Waals surface area contributed by atoms with Crippen LogP contribution < -0.4 is 11.3 Å². The van der Waals surface area contributed by atoms with Crippen molar-refractivity contribution in [1.29, 1.82) is 0 Å². The number of aromatic amines is 2. The molecule has 1 aliphatic rings. The first kappa shape index (κ1) is 17.1. The van der Waals surface area contributed by atoms with E-state index in [1.54, 1.807) is 0 Å². The third kappa shape index (κ3) is 3.85. The van der Waals surface area contributed by atoms with Crippen molar-refractivity contribution < 1.29 is 5.11 Å². The number of hydrogen-bond acceptors (Lipinski definition) is 5. The van der Waals surface area contributed by atoms with Gasteiger partial charge in [0, 0.05) is 37.4 Å². The third-order valence-corrected chi connectivity index (χ3v) is 4.91. The molecule has 132 valence electrons. The molecule has 0 aromatic carbocycles. The minimum Gasteiger partial charge on any atom is -0.391 e. The zero-order chi connectivity index (χ0) is 17.1. The van der Waals surface area contributed by atoms with E-state index in [1.165, 1.54) is 6.33 Å². The highest BCUT2D eigenvalue weighted by Crippen LogP contribution is 2.25. The molecule has 0 amide bonds. The standard InChI is InChI=1S/C17H27N5O2/c1-11(18)4-2-3-5-12-7-22(9-14(12)23)8-13-6-19-16-15(13)20-10-21-17(16)24/h6,10-12,14,19,23H,2-5,7-9,18H2,1H3,(H,20,21,24)/t11-,12-,14-/m1/s1. The first-order valence-corrected chi connectivity index (χ1v) is 8.74. The largest absolute Gasteiger partial charge is 0.391 e. The van der Waals surface area contributed by atoms with Gasteiger partial charge in [-0.15, -0.1) is 0 Å². The van der Waals surface area contributed by atoms with Gasteiger partial charge in [0.2, 0.25) is 0 Å². The highest BCUT2D eigenvalue weighted by molar-refractivity contribution is 5.77. The number of hydrogen-bond donors (Lipinski definition) is 4. The second-order valence-corrected chi connectivity index (χ2v) is 7.05. The molecule has 5 N–H and O–H groups in total. The van der Waals surface area contributed by atoms with Crippen LogP contribution in [0.4, 0.5) is 0 Å². The molecular formula is C17H27N5O2. The van der Waals surface area contributed by atoms with Gasteiger partial charge in [-0.2, -0.15) is 0 Å². The fourth-order valence-corrected chi connectivity index (χ4v) is 3.59. The fourth-order valence-electron chi connectivity index (χ4n) is 3.59. The number of likely N-dealkylation sites (tertiary alicyclic amines) is 1. The van der Waals surface area contributed by atoms with E-state index in [2.05, 4.69) is 19.9 Å². The maximum absolute atomic E-state index is 11.7.